The van der Waals surface area contributed by atoms with Crippen LogP contribution in [0.3, 0.4) is 0 Å². The van der Waals surface area contributed by atoms with Crippen LogP contribution in [0.4, 0.5) is 0 Å². The minimum Gasteiger partial charge on any atom is -0.357 e. The first-order valence-electron chi connectivity index (χ1n) is 9.16. The molecule has 1 aromatic heterocycles. The van der Waals surface area contributed by atoms with Crippen molar-refractivity contribution in [1.82, 2.24) is 20.5 Å². The minimum atomic E-state index is 0.660. The zero-order valence-electron chi connectivity index (χ0n) is 14.6. The fraction of sp³-hybridized carbons (Fsp3) is 0.526. The largest absolute Gasteiger partial charge is 0.357 e. The summed E-state index contributed by atoms with van der Waals surface area (Å²) in [6.07, 6.45) is 4.07. The number of hydrogen-bond donors (Lipinski definition) is 3. The van der Waals surface area contributed by atoms with E-state index in [0.29, 0.717) is 6.54 Å². The molecule has 1 aliphatic heterocycles. The van der Waals surface area contributed by atoms with Crippen molar-refractivity contribution in [1.29, 1.82) is 0 Å². The van der Waals surface area contributed by atoms with Crippen LogP contribution in [0, 0.1) is 0 Å². The Morgan fingerprint density at radius 2 is 2.00 bits per heavy atom. The normalized spacial score (nSPS) is 16.5. The highest BCUT2D eigenvalue weighted by Gasteiger charge is 2.09. The topological polar surface area (TPSA) is 55.5 Å². The number of nitrogens with zero attached hydrogens (tertiary/aromatic N) is 2. The van der Waals surface area contributed by atoms with Crippen molar-refractivity contribution >= 4 is 16.9 Å². The number of aromatic amines is 1. The number of H-pyrrole nitrogens is 1. The Hall–Kier alpha value is -2.01. The van der Waals surface area contributed by atoms with Crippen LogP contribution in [0.2, 0.25) is 0 Å². The van der Waals surface area contributed by atoms with Gasteiger partial charge in [-0.1, -0.05) is 24.6 Å². The van der Waals surface area contributed by atoms with Gasteiger partial charge in [-0.3, -0.25) is 0 Å². The van der Waals surface area contributed by atoms with Crippen molar-refractivity contribution in [2.45, 2.75) is 32.7 Å². The van der Waals surface area contributed by atoms with Crippen molar-refractivity contribution in [3.63, 3.8) is 0 Å². The van der Waals surface area contributed by atoms with Gasteiger partial charge in [-0.15, -0.1) is 0 Å². The van der Waals surface area contributed by atoms with Crippen molar-refractivity contribution in [3.8, 4) is 0 Å². The molecule has 1 fully saturated rings. The molecule has 1 aliphatic rings. The molecule has 0 amide bonds. The Labute approximate surface area is 144 Å². The van der Waals surface area contributed by atoms with Gasteiger partial charge in [-0.2, -0.15) is 0 Å². The number of fused-ring (bicyclic) bond motifs is 1. The molecule has 3 rings (SSSR count). The molecule has 0 unspecified atom stereocenters. The zero-order chi connectivity index (χ0) is 16.6. The van der Waals surface area contributed by atoms with E-state index in [1.807, 2.05) is 0 Å². The molecular weight excluding hydrogens is 298 g/mol. The number of aromatic nitrogens is 1. The predicted octanol–water partition coefficient (Wildman–Crippen LogP) is 2.71. The van der Waals surface area contributed by atoms with Crippen molar-refractivity contribution in [3.05, 3.63) is 36.0 Å². The summed E-state index contributed by atoms with van der Waals surface area (Å²) in [5.41, 5.74) is 2.31. The van der Waals surface area contributed by atoms with Crippen LogP contribution in [-0.4, -0.2) is 48.6 Å². The first-order chi connectivity index (χ1) is 11.8. The molecule has 5 nitrogen and oxygen atoms in total. The van der Waals surface area contributed by atoms with Crippen LogP contribution in [0.25, 0.3) is 10.9 Å². The Kier molecular flexibility index (Phi) is 6.13. The van der Waals surface area contributed by atoms with Crippen LogP contribution < -0.4 is 10.6 Å². The number of nitrogens with one attached hydrogen (secondary N) is 3. The van der Waals surface area contributed by atoms with Gasteiger partial charge in [0.25, 0.3) is 0 Å². The number of hydrogen-bond acceptors (Lipinski definition) is 2. The van der Waals surface area contributed by atoms with Gasteiger partial charge in [-0.05, 0) is 50.4 Å². The standard InChI is InChI=1S/C19H29N5/c1-2-20-19(21-10-13-24-11-6-3-7-12-24)22-15-17-14-16-8-4-5-9-18(16)23-17/h4-5,8-9,14,23H,2-3,6-7,10-13,15H2,1H3,(H2,20,21,22). The molecular formula is C19H29N5. The highest BCUT2D eigenvalue weighted by Crippen LogP contribution is 2.15. The van der Waals surface area contributed by atoms with E-state index >= 15 is 0 Å². The molecule has 1 aromatic carbocycles. The van der Waals surface area contributed by atoms with Crippen LogP contribution in [0.5, 0.6) is 0 Å². The van der Waals surface area contributed by atoms with Gasteiger partial charge in [0.1, 0.15) is 0 Å². The highest BCUT2D eigenvalue weighted by molar-refractivity contribution is 5.81. The van der Waals surface area contributed by atoms with E-state index in [1.54, 1.807) is 0 Å². The van der Waals surface area contributed by atoms with E-state index in [0.717, 1.165) is 31.3 Å². The van der Waals surface area contributed by atoms with Gasteiger partial charge in [0.15, 0.2) is 5.96 Å². The van der Waals surface area contributed by atoms with E-state index < -0.39 is 0 Å². The molecule has 0 saturated carbocycles. The molecule has 0 atom stereocenters. The fourth-order valence-electron chi connectivity index (χ4n) is 3.24. The lowest BCUT2D eigenvalue weighted by atomic mass is 10.1. The maximum atomic E-state index is 4.71. The van der Waals surface area contributed by atoms with Crippen LogP contribution >= 0.6 is 0 Å². The Morgan fingerprint density at radius 3 is 2.79 bits per heavy atom. The molecule has 0 bridgehead atoms. The lowest BCUT2D eigenvalue weighted by Crippen LogP contribution is -2.42. The molecule has 1 saturated heterocycles. The molecule has 0 radical (unpaired) electrons. The molecule has 24 heavy (non-hydrogen) atoms. The lowest BCUT2D eigenvalue weighted by molar-refractivity contribution is 0.232. The third kappa shape index (κ3) is 4.74. The Morgan fingerprint density at radius 1 is 1.17 bits per heavy atom. The van der Waals surface area contributed by atoms with Gasteiger partial charge < -0.3 is 20.5 Å². The number of aliphatic imine (C=N–C) groups is 1. The van der Waals surface area contributed by atoms with Gasteiger partial charge in [-0.25, -0.2) is 4.99 Å². The number of piperidine rings is 1. The molecule has 5 heteroatoms. The monoisotopic (exact) mass is 327 g/mol. The van der Waals surface area contributed by atoms with Crippen molar-refractivity contribution < 1.29 is 0 Å². The summed E-state index contributed by atoms with van der Waals surface area (Å²) in [6.45, 7) is 8.16. The van der Waals surface area contributed by atoms with Crippen LogP contribution in [0.15, 0.2) is 35.3 Å². The number of rotatable bonds is 6. The van der Waals surface area contributed by atoms with Gasteiger partial charge >= 0.3 is 0 Å². The third-order valence-electron chi connectivity index (χ3n) is 4.51. The summed E-state index contributed by atoms with van der Waals surface area (Å²) in [4.78, 5) is 10.7. The summed E-state index contributed by atoms with van der Waals surface area (Å²) in [5, 5.41) is 8.03. The third-order valence-corrected chi connectivity index (χ3v) is 4.51. The maximum Gasteiger partial charge on any atom is 0.191 e. The number of para-hydroxylation sites is 1. The van der Waals surface area contributed by atoms with Crippen molar-refractivity contribution in [2.24, 2.45) is 4.99 Å². The van der Waals surface area contributed by atoms with Crippen LogP contribution in [-0.2, 0) is 6.54 Å². The van der Waals surface area contributed by atoms with Gasteiger partial charge in [0.2, 0.25) is 0 Å². The molecule has 130 valence electrons. The molecule has 2 heterocycles. The van der Waals surface area contributed by atoms with Gasteiger partial charge in [0.05, 0.1) is 6.54 Å². The van der Waals surface area contributed by atoms with Crippen LogP contribution in [0.1, 0.15) is 31.9 Å². The number of likely N-dealkylation sites (tertiary alicyclic amines) is 1. The first-order valence-corrected chi connectivity index (χ1v) is 9.16. The van der Waals surface area contributed by atoms with Gasteiger partial charge in [0, 0.05) is 30.8 Å². The van der Waals surface area contributed by atoms with Crippen molar-refractivity contribution in [2.75, 3.05) is 32.7 Å². The number of benzene rings is 1. The average Bonchev–Trinajstić information content (AvgIpc) is 3.03. The summed E-state index contributed by atoms with van der Waals surface area (Å²) in [7, 11) is 0. The maximum absolute atomic E-state index is 4.71. The molecule has 0 spiro atoms. The fourth-order valence-corrected chi connectivity index (χ4v) is 3.24. The molecule has 3 N–H and O–H groups in total. The minimum absolute atomic E-state index is 0.660. The van der Waals surface area contributed by atoms with E-state index in [9.17, 15) is 0 Å². The van der Waals surface area contributed by atoms with E-state index in [4.69, 9.17) is 4.99 Å². The zero-order valence-corrected chi connectivity index (χ0v) is 14.6. The Bertz CT molecular complexity index is 622. The molecule has 2 aromatic rings. The molecule has 0 aliphatic carbocycles. The van der Waals surface area contributed by atoms with E-state index in [-0.39, 0.29) is 0 Å². The summed E-state index contributed by atoms with van der Waals surface area (Å²) >= 11 is 0. The summed E-state index contributed by atoms with van der Waals surface area (Å²) < 4.78 is 0. The van der Waals surface area contributed by atoms with E-state index in [1.165, 1.54) is 43.3 Å². The predicted molar refractivity (Wildman–Crippen MR) is 101 cm³/mol. The SMILES string of the molecule is CCNC(=NCc1cc2ccccc2[nH]1)NCCN1CCCCC1. The Balaban J connectivity index is 1.52. The first kappa shape index (κ1) is 16.8. The average molecular weight is 327 g/mol. The highest BCUT2D eigenvalue weighted by atomic mass is 15.2. The second kappa shape index (κ2) is 8.73. The summed E-state index contributed by atoms with van der Waals surface area (Å²) in [6, 6.07) is 10.5. The lowest BCUT2D eigenvalue weighted by Gasteiger charge is -2.26. The second-order valence-corrected chi connectivity index (χ2v) is 6.41. The smallest absolute Gasteiger partial charge is 0.191 e. The second-order valence-electron chi connectivity index (χ2n) is 6.41. The number of guanidine groups is 1. The quantitative estimate of drug-likeness (QED) is 0.565. The van der Waals surface area contributed by atoms with E-state index in [2.05, 4.69) is 57.8 Å². The summed E-state index contributed by atoms with van der Waals surface area (Å²) in [5.74, 6) is 0.896.